The van der Waals surface area contributed by atoms with Gasteiger partial charge in [-0.3, -0.25) is 9.59 Å². The van der Waals surface area contributed by atoms with Gasteiger partial charge in [-0.2, -0.15) is 0 Å². The highest BCUT2D eigenvalue weighted by atomic mass is 35.5. The van der Waals surface area contributed by atoms with Crippen LogP contribution in [0.3, 0.4) is 0 Å². The van der Waals surface area contributed by atoms with Gasteiger partial charge in [0.25, 0.3) is 0 Å². The van der Waals surface area contributed by atoms with Crippen molar-refractivity contribution >= 4 is 23.4 Å². The highest BCUT2D eigenvalue weighted by Gasteiger charge is 2.35. The Kier molecular flexibility index (Phi) is 5.38. The van der Waals surface area contributed by atoms with Gasteiger partial charge in [0.15, 0.2) is 0 Å². The fourth-order valence-corrected chi connectivity index (χ4v) is 3.65. The molecule has 1 aromatic rings. The van der Waals surface area contributed by atoms with E-state index >= 15 is 0 Å². The third kappa shape index (κ3) is 3.71. The summed E-state index contributed by atoms with van der Waals surface area (Å²) in [6, 6.07) is 7.51. The zero-order chi connectivity index (χ0) is 17.1. The smallest absolute Gasteiger partial charge is 0.241 e. The Morgan fingerprint density at radius 2 is 2.00 bits per heavy atom. The van der Waals surface area contributed by atoms with Gasteiger partial charge in [-0.25, -0.2) is 10.9 Å². The van der Waals surface area contributed by atoms with E-state index in [1.54, 1.807) is 7.05 Å². The molecule has 0 aliphatic carbocycles. The second kappa shape index (κ2) is 7.51. The minimum Gasteiger partial charge on any atom is -0.359 e. The van der Waals surface area contributed by atoms with Gasteiger partial charge in [0.2, 0.25) is 11.8 Å². The van der Waals surface area contributed by atoms with Crippen molar-refractivity contribution in [2.45, 2.75) is 31.3 Å². The second-order valence-corrected chi connectivity index (χ2v) is 6.83. The summed E-state index contributed by atoms with van der Waals surface area (Å²) < 4.78 is 0. The molecule has 6 nitrogen and oxygen atoms in total. The number of halogens is 1. The molecule has 2 aliphatic heterocycles. The van der Waals surface area contributed by atoms with Crippen LogP contribution in [-0.2, 0) is 9.59 Å². The molecule has 3 rings (SSSR count). The topological polar surface area (TPSA) is 73.5 Å². The van der Waals surface area contributed by atoms with E-state index in [4.69, 9.17) is 11.6 Å². The molecule has 0 aromatic heterocycles. The fourth-order valence-electron chi connectivity index (χ4n) is 3.45. The maximum absolute atomic E-state index is 12.7. The first-order chi connectivity index (χ1) is 11.6. The van der Waals surface area contributed by atoms with Gasteiger partial charge < -0.3 is 10.2 Å². The molecule has 2 unspecified atom stereocenters. The summed E-state index contributed by atoms with van der Waals surface area (Å²) in [6.45, 7) is 1.27. The second-order valence-electron chi connectivity index (χ2n) is 6.40. The van der Waals surface area contributed by atoms with Gasteiger partial charge in [-0.05, 0) is 37.0 Å². The molecule has 7 heteroatoms. The first-order valence-electron chi connectivity index (χ1n) is 8.35. The summed E-state index contributed by atoms with van der Waals surface area (Å²) in [5, 5.41) is 3.38. The minimum atomic E-state index is -0.245. The van der Waals surface area contributed by atoms with Crippen LogP contribution in [0.4, 0.5) is 0 Å². The van der Waals surface area contributed by atoms with Crippen LogP contribution in [0, 0.1) is 5.92 Å². The standard InChI is InChI=1S/C17H23ClN4O2/c1-19-16(23)11-5-7-22(8-6-11)17(24)15-10-14(20-21-15)12-3-2-4-13(18)9-12/h2-4,9,11,14-15,20-21H,5-8,10H2,1H3,(H,19,23). The largest absolute Gasteiger partial charge is 0.359 e. The molecule has 2 heterocycles. The summed E-state index contributed by atoms with van der Waals surface area (Å²) in [7, 11) is 1.66. The number of likely N-dealkylation sites (tertiary alicyclic amines) is 1. The van der Waals surface area contributed by atoms with E-state index < -0.39 is 0 Å². The third-order valence-corrected chi connectivity index (χ3v) is 5.11. The molecule has 2 amide bonds. The van der Waals surface area contributed by atoms with E-state index in [0.29, 0.717) is 24.5 Å². The van der Waals surface area contributed by atoms with Crippen LogP contribution in [0.5, 0.6) is 0 Å². The summed E-state index contributed by atoms with van der Waals surface area (Å²) in [5.74, 6) is 0.194. The van der Waals surface area contributed by atoms with E-state index in [1.165, 1.54) is 0 Å². The molecule has 130 valence electrons. The van der Waals surface area contributed by atoms with Crippen LogP contribution in [0.25, 0.3) is 0 Å². The molecule has 2 aliphatic rings. The van der Waals surface area contributed by atoms with Crippen molar-refractivity contribution in [2.75, 3.05) is 20.1 Å². The summed E-state index contributed by atoms with van der Waals surface area (Å²) in [5.41, 5.74) is 7.36. The van der Waals surface area contributed by atoms with Crippen LogP contribution >= 0.6 is 11.6 Å². The highest BCUT2D eigenvalue weighted by molar-refractivity contribution is 6.30. The van der Waals surface area contributed by atoms with Crippen molar-refractivity contribution in [3.63, 3.8) is 0 Å². The average molecular weight is 351 g/mol. The average Bonchev–Trinajstić information content (AvgIpc) is 3.10. The van der Waals surface area contributed by atoms with Crippen molar-refractivity contribution in [2.24, 2.45) is 5.92 Å². The number of benzene rings is 1. The maximum atomic E-state index is 12.7. The zero-order valence-corrected chi connectivity index (χ0v) is 14.5. The monoisotopic (exact) mass is 350 g/mol. The Hall–Kier alpha value is -1.63. The predicted octanol–water partition coefficient (Wildman–Crippen LogP) is 1.23. The van der Waals surface area contributed by atoms with Crippen molar-refractivity contribution in [3.8, 4) is 0 Å². The minimum absolute atomic E-state index is 0.0212. The molecule has 0 radical (unpaired) electrons. The number of piperidine rings is 1. The first-order valence-corrected chi connectivity index (χ1v) is 8.73. The van der Waals surface area contributed by atoms with Gasteiger partial charge in [0.05, 0.1) is 0 Å². The molecule has 2 atom stereocenters. The van der Waals surface area contributed by atoms with Crippen LogP contribution in [0.15, 0.2) is 24.3 Å². The van der Waals surface area contributed by atoms with Gasteiger partial charge in [0, 0.05) is 37.1 Å². The number of carbonyl (C=O) groups excluding carboxylic acids is 2. The van der Waals surface area contributed by atoms with Crippen LogP contribution < -0.4 is 16.2 Å². The van der Waals surface area contributed by atoms with E-state index in [-0.39, 0.29) is 29.8 Å². The van der Waals surface area contributed by atoms with Crippen molar-refractivity contribution in [1.29, 1.82) is 0 Å². The molecule has 0 spiro atoms. The number of hydrazine groups is 1. The maximum Gasteiger partial charge on any atom is 0.241 e. The lowest BCUT2D eigenvalue weighted by Crippen LogP contribution is -2.49. The number of hydrogen-bond donors (Lipinski definition) is 3. The number of nitrogens with one attached hydrogen (secondary N) is 3. The number of amides is 2. The summed E-state index contributed by atoms with van der Waals surface area (Å²) >= 11 is 6.04. The lowest BCUT2D eigenvalue weighted by molar-refractivity contribution is -0.137. The van der Waals surface area contributed by atoms with Gasteiger partial charge in [0.1, 0.15) is 6.04 Å². The van der Waals surface area contributed by atoms with E-state index in [9.17, 15) is 9.59 Å². The molecular weight excluding hydrogens is 328 g/mol. The molecule has 0 saturated carbocycles. The molecule has 2 saturated heterocycles. The highest BCUT2D eigenvalue weighted by Crippen LogP contribution is 2.26. The quantitative estimate of drug-likeness (QED) is 0.766. The molecule has 2 fully saturated rings. The Labute approximate surface area is 146 Å². The van der Waals surface area contributed by atoms with Crippen LogP contribution in [-0.4, -0.2) is 42.9 Å². The molecule has 24 heavy (non-hydrogen) atoms. The van der Waals surface area contributed by atoms with Gasteiger partial charge in [-0.1, -0.05) is 23.7 Å². The van der Waals surface area contributed by atoms with Crippen molar-refractivity contribution < 1.29 is 9.59 Å². The van der Waals surface area contributed by atoms with Crippen LogP contribution in [0.2, 0.25) is 5.02 Å². The summed E-state index contributed by atoms with van der Waals surface area (Å²) in [6.07, 6.45) is 2.14. The van der Waals surface area contributed by atoms with Crippen molar-refractivity contribution in [1.82, 2.24) is 21.1 Å². The van der Waals surface area contributed by atoms with Gasteiger partial charge >= 0.3 is 0 Å². The Morgan fingerprint density at radius 3 is 2.67 bits per heavy atom. The predicted molar refractivity (Wildman–Crippen MR) is 92.2 cm³/mol. The molecule has 3 N–H and O–H groups in total. The number of hydrogen-bond acceptors (Lipinski definition) is 4. The lowest BCUT2D eigenvalue weighted by Gasteiger charge is -2.32. The normalized spacial score (nSPS) is 24.8. The fraction of sp³-hybridized carbons (Fsp3) is 0.529. The van der Waals surface area contributed by atoms with Gasteiger partial charge in [-0.15, -0.1) is 0 Å². The van der Waals surface area contributed by atoms with E-state index in [0.717, 1.165) is 18.4 Å². The third-order valence-electron chi connectivity index (χ3n) is 4.88. The Bertz CT molecular complexity index is 616. The summed E-state index contributed by atoms with van der Waals surface area (Å²) in [4.78, 5) is 26.2. The van der Waals surface area contributed by atoms with Crippen molar-refractivity contribution in [3.05, 3.63) is 34.9 Å². The lowest BCUT2D eigenvalue weighted by atomic mass is 9.95. The SMILES string of the molecule is CNC(=O)C1CCN(C(=O)C2CC(c3cccc(Cl)c3)NN2)CC1. The first kappa shape index (κ1) is 17.2. The Balaban J connectivity index is 1.55. The Morgan fingerprint density at radius 1 is 1.25 bits per heavy atom. The zero-order valence-electron chi connectivity index (χ0n) is 13.7. The number of nitrogens with zero attached hydrogens (tertiary/aromatic N) is 1. The number of carbonyl (C=O) groups is 2. The molecule has 0 bridgehead atoms. The van der Waals surface area contributed by atoms with E-state index in [1.807, 2.05) is 29.2 Å². The molecular formula is C17H23ClN4O2. The number of rotatable bonds is 3. The van der Waals surface area contributed by atoms with Crippen LogP contribution in [0.1, 0.15) is 30.9 Å². The van der Waals surface area contributed by atoms with E-state index in [2.05, 4.69) is 16.2 Å². The molecule has 1 aromatic carbocycles.